The van der Waals surface area contributed by atoms with Gasteiger partial charge in [0.2, 0.25) is 0 Å². The summed E-state index contributed by atoms with van der Waals surface area (Å²) in [5, 5.41) is 9.60. The Balaban J connectivity index is 1.81. The minimum Gasteiger partial charge on any atom is -0.403 e. The van der Waals surface area contributed by atoms with Crippen molar-refractivity contribution in [2.45, 2.75) is 84.2 Å². The van der Waals surface area contributed by atoms with Crippen LogP contribution >= 0.6 is 0 Å². The zero-order valence-corrected chi connectivity index (χ0v) is 13.9. The highest BCUT2D eigenvalue weighted by atomic mass is 16.7. The fourth-order valence-electron chi connectivity index (χ4n) is 3.60. The van der Waals surface area contributed by atoms with Crippen molar-refractivity contribution in [3.05, 3.63) is 0 Å². The molecule has 2 fully saturated rings. The van der Waals surface area contributed by atoms with Crippen LogP contribution in [-0.2, 0) is 9.31 Å². The van der Waals surface area contributed by atoms with Gasteiger partial charge in [-0.1, -0.05) is 13.3 Å². The maximum absolute atomic E-state index is 9.60. The summed E-state index contributed by atoms with van der Waals surface area (Å²) in [6, 6.07) is 0. The molecule has 0 radical (unpaired) electrons. The average molecular weight is 282 g/mol. The molecular formula is C16H31BO3. The van der Waals surface area contributed by atoms with Gasteiger partial charge in [-0.3, -0.25) is 0 Å². The maximum Gasteiger partial charge on any atom is 0.457 e. The molecule has 20 heavy (non-hydrogen) atoms. The van der Waals surface area contributed by atoms with Crippen molar-refractivity contribution in [1.29, 1.82) is 0 Å². The Morgan fingerprint density at radius 3 is 2.20 bits per heavy atom. The van der Waals surface area contributed by atoms with Crippen LogP contribution in [0.5, 0.6) is 0 Å². The summed E-state index contributed by atoms with van der Waals surface area (Å²) in [5.41, 5.74) is -0.238. The van der Waals surface area contributed by atoms with Crippen LogP contribution in [0.25, 0.3) is 0 Å². The van der Waals surface area contributed by atoms with Crippen molar-refractivity contribution >= 4 is 7.12 Å². The molecule has 1 aliphatic carbocycles. The molecule has 4 heteroatoms. The second-order valence-electron chi connectivity index (χ2n) is 7.88. The molecule has 116 valence electrons. The van der Waals surface area contributed by atoms with Gasteiger partial charge < -0.3 is 14.4 Å². The number of rotatable bonds is 5. The second kappa shape index (κ2) is 5.62. The third-order valence-electron chi connectivity index (χ3n) is 6.00. The van der Waals surface area contributed by atoms with Gasteiger partial charge in [0.05, 0.1) is 11.2 Å². The van der Waals surface area contributed by atoms with E-state index in [0.717, 1.165) is 25.1 Å². The number of hydrogen-bond acceptors (Lipinski definition) is 3. The van der Waals surface area contributed by atoms with E-state index < -0.39 is 0 Å². The van der Waals surface area contributed by atoms with E-state index in [1.807, 2.05) is 0 Å². The highest BCUT2D eigenvalue weighted by molar-refractivity contribution is 6.45. The fraction of sp³-hybridized carbons (Fsp3) is 1.00. The Hall–Kier alpha value is -0.0551. The summed E-state index contributed by atoms with van der Waals surface area (Å²) in [4.78, 5) is 0. The van der Waals surface area contributed by atoms with E-state index in [0.29, 0.717) is 6.61 Å². The predicted octanol–water partition coefficient (Wildman–Crippen LogP) is 3.66. The molecule has 1 saturated heterocycles. The first-order chi connectivity index (χ1) is 9.24. The Kier molecular flexibility index (Phi) is 4.59. The SMILES string of the molecule is CCC1(CO)CCC(CCB2OC(C)(C)C(C)(C)O2)C1. The van der Waals surface area contributed by atoms with Crippen molar-refractivity contribution in [1.82, 2.24) is 0 Å². The van der Waals surface area contributed by atoms with Gasteiger partial charge >= 0.3 is 7.12 Å². The summed E-state index contributed by atoms with van der Waals surface area (Å²) in [6.45, 7) is 11.0. The first-order valence-electron chi connectivity index (χ1n) is 8.20. The lowest BCUT2D eigenvalue weighted by Gasteiger charge is -2.32. The molecule has 1 heterocycles. The van der Waals surface area contributed by atoms with Crippen LogP contribution in [0.15, 0.2) is 0 Å². The number of aliphatic hydroxyl groups excluding tert-OH is 1. The largest absolute Gasteiger partial charge is 0.457 e. The quantitative estimate of drug-likeness (QED) is 0.782. The molecule has 2 rings (SSSR count). The van der Waals surface area contributed by atoms with Gasteiger partial charge in [-0.2, -0.15) is 0 Å². The molecule has 1 N–H and O–H groups in total. The van der Waals surface area contributed by atoms with E-state index in [4.69, 9.17) is 9.31 Å². The highest BCUT2D eigenvalue weighted by Crippen LogP contribution is 2.46. The Morgan fingerprint density at radius 2 is 1.75 bits per heavy atom. The average Bonchev–Trinajstić information content (AvgIpc) is 2.87. The molecule has 2 unspecified atom stereocenters. The van der Waals surface area contributed by atoms with Crippen molar-refractivity contribution in [3.8, 4) is 0 Å². The van der Waals surface area contributed by atoms with Crippen molar-refractivity contribution in [3.63, 3.8) is 0 Å². The van der Waals surface area contributed by atoms with Crippen LogP contribution in [0.4, 0.5) is 0 Å². The molecule has 1 saturated carbocycles. The van der Waals surface area contributed by atoms with Crippen molar-refractivity contribution < 1.29 is 14.4 Å². The van der Waals surface area contributed by atoms with Gasteiger partial charge in [0.15, 0.2) is 0 Å². The molecule has 2 aliphatic rings. The van der Waals surface area contributed by atoms with Crippen molar-refractivity contribution in [2.24, 2.45) is 11.3 Å². The van der Waals surface area contributed by atoms with Gasteiger partial charge in [0.25, 0.3) is 0 Å². The highest BCUT2D eigenvalue weighted by Gasteiger charge is 2.51. The lowest BCUT2D eigenvalue weighted by Crippen LogP contribution is -2.41. The molecule has 2 atom stereocenters. The minimum absolute atomic E-state index is 0.0641. The van der Waals surface area contributed by atoms with Crippen LogP contribution < -0.4 is 0 Å². The summed E-state index contributed by atoms with van der Waals surface area (Å²) in [5.74, 6) is 0.723. The van der Waals surface area contributed by atoms with Gasteiger partial charge in [0, 0.05) is 6.61 Å². The van der Waals surface area contributed by atoms with Gasteiger partial charge in [-0.25, -0.2) is 0 Å². The smallest absolute Gasteiger partial charge is 0.403 e. The zero-order valence-electron chi connectivity index (χ0n) is 13.9. The Morgan fingerprint density at radius 1 is 1.15 bits per heavy atom. The third-order valence-corrected chi connectivity index (χ3v) is 6.00. The van der Waals surface area contributed by atoms with E-state index in [-0.39, 0.29) is 23.7 Å². The summed E-state index contributed by atoms with van der Waals surface area (Å²) < 4.78 is 12.1. The van der Waals surface area contributed by atoms with Crippen molar-refractivity contribution in [2.75, 3.05) is 6.61 Å². The molecular weight excluding hydrogens is 251 g/mol. The monoisotopic (exact) mass is 282 g/mol. The predicted molar refractivity (Wildman–Crippen MR) is 82.7 cm³/mol. The molecule has 0 spiro atoms. The molecule has 0 aromatic rings. The van der Waals surface area contributed by atoms with E-state index in [1.165, 1.54) is 19.3 Å². The minimum atomic E-state index is -0.217. The normalized spacial score (nSPS) is 35.7. The first-order valence-corrected chi connectivity index (χ1v) is 8.20. The molecule has 0 aromatic carbocycles. The van der Waals surface area contributed by atoms with Gasteiger partial charge in [-0.15, -0.1) is 0 Å². The zero-order chi connectivity index (χ0) is 15.0. The summed E-state index contributed by atoms with van der Waals surface area (Å²) in [6.07, 6.45) is 6.80. The van der Waals surface area contributed by atoms with Crippen LogP contribution in [0, 0.1) is 11.3 Å². The Bertz CT molecular complexity index is 321. The lowest BCUT2D eigenvalue weighted by atomic mass is 9.78. The second-order valence-corrected chi connectivity index (χ2v) is 7.88. The van der Waals surface area contributed by atoms with Crippen LogP contribution in [-0.4, -0.2) is 30.0 Å². The number of hydrogen-bond donors (Lipinski definition) is 1. The third kappa shape index (κ3) is 3.07. The maximum atomic E-state index is 9.60. The Labute approximate surface area is 124 Å². The molecule has 3 nitrogen and oxygen atoms in total. The number of aliphatic hydroxyl groups is 1. The van der Waals surface area contributed by atoms with E-state index in [1.54, 1.807) is 0 Å². The van der Waals surface area contributed by atoms with Gasteiger partial charge in [-0.05, 0) is 71.0 Å². The van der Waals surface area contributed by atoms with Crippen LogP contribution in [0.1, 0.15) is 66.7 Å². The van der Waals surface area contributed by atoms with Crippen LogP contribution in [0.2, 0.25) is 6.32 Å². The summed E-state index contributed by atoms with van der Waals surface area (Å²) in [7, 11) is -0.0641. The lowest BCUT2D eigenvalue weighted by molar-refractivity contribution is 0.00578. The van der Waals surface area contributed by atoms with Crippen LogP contribution in [0.3, 0.4) is 0 Å². The topological polar surface area (TPSA) is 38.7 Å². The standard InChI is InChI=1S/C16H31BO3/c1-6-16(12-18)9-7-13(11-16)8-10-17-19-14(2,3)15(4,5)20-17/h13,18H,6-12H2,1-5H3. The summed E-state index contributed by atoms with van der Waals surface area (Å²) >= 11 is 0. The fourth-order valence-corrected chi connectivity index (χ4v) is 3.60. The molecule has 0 bridgehead atoms. The molecule has 0 amide bonds. The molecule has 0 aromatic heterocycles. The van der Waals surface area contributed by atoms with E-state index >= 15 is 0 Å². The molecule has 1 aliphatic heterocycles. The first kappa shape index (κ1) is 16.3. The van der Waals surface area contributed by atoms with E-state index in [2.05, 4.69) is 34.6 Å². The van der Waals surface area contributed by atoms with E-state index in [9.17, 15) is 5.11 Å². The van der Waals surface area contributed by atoms with Gasteiger partial charge in [0.1, 0.15) is 0 Å².